The Balaban J connectivity index is 2.75. The van der Waals surface area contributed by atoms with E-state index < -0.39 is 5.92 Å². The van der Waals surface area contributed by atoms with Crippen LogP contribution in [0.1, 0.15) is 18.9 Å². The normalized spacial score (nSPS) is 11.5. The smallest absolute Gasteiger partial charge is 0.241 e. The molecule has 1 atom stereocenters. The van der Waals surface area contributed by atoms with Gasteiger partial charge in [0.05, 0.1) is 18.0 Å². The molecule has 0 aromatic carbocycles. The average molecular weight is 203 g/mol. The Kier molecular flexibility index (Phi) is 3.81. The van der Waals surface area contributed by atoms with Crippen molar-refractivity contribution in [3.8, 4) is 6.07 Å². The molecule has 1 unspecified atom stereocenters. The number of pyridine rings is 1. The Morgan fingerprint density at radius 1 is 1.73 bits per heavy atom. The summed E-state index contributed by atoms with van der Waals surface area (Å²) in [5.74, 6) is -0.860. The van der Waals surface area contributed by atoms with Crippen molar-refractivity contribution in [3.05, 3.63) is 24.0 Å². The molecule has 0 fully saturated rings. The van der Waals surface area contributed by atoms with E-state index in [-0.39, 0.29) is 5.91 Å². The molecular weight excluding hydrogens is 190 g/mol. The van der Waals surface area contributed by atoms with Gasteiger partial charge in [0, 0.05) is 6.20 Å². The highest BCUT2D eigenvalue weighted by atomic mass is 16.1. The summed E-state index contributed by atoms with van der Waals surface area (Å²) in [6.45, 7) is 3.69. The molecule has 4 nitrogen and oxygen atoms in total. The van der Waals surface area contributed by atoms with Crippen LogP contribution in [0.25, 0.3) is 0 Å². The van der Waals surface area contributed by atoms with Crippen LogP contribution in [0.2, 0.25) is 0 Å². The predicted octanol–water partition coefficient (Wildman–Crippen LogP) is 1.88. The summed E-state index contributed by atoms with van der Waals surface area (Å²) in [4.78, 5) is 15.5. The Bertz CT molecular complexity index is 395. The van der Waals surface area contributed by atoms with Crippen LogP contribution in [0, 0.1) is 24.2 Å². The van der Waals surface area contributed by atoms with Gasteiger partial charge in [-0.1, -0.05) is 6.92 Å². The Morgan fingerprint density at radius 2 is 2.47 bits per heavy atom. The zero-order valence-corrected chi connectivity index (χ0v) is 8.82. The highest BCUT2D eigenvalue weighted by molar-refractivity contribution is 5.94. The molecule has 0 saturated carbocycles. The molecule has 0 spiro atoms. The van der Waals surface area contributed by atoms with Crippen LogP contribution >= 0.6 is 0 Å². The molecule has 1 aromatic heterocycles. The first-order valence-corrected chi connectivity index (χ1v) is 4.80. The molecule has 1 heterocycles. The summed E-state index contributed by atoms with van der Waals surface area (Å²) < 4.78 is 0. The van der Waals surface area contributed by atoms with E-state index in [1.54, 1.807) is 12.4 Å². The van der Waals surface area contributed by atoms with Crippen LogP contribution in [-0.4, -0.2) is 10.9 Å². The van der Waals surface area contributed by atoms with Crippen molar-refractivity contribution in [2.45, 2.75) is 20.3 Å². The number of carbonyl (C=O) groups excluding carboxylic acids is 1. The van der Waals surface area contributed by atoms with Crippen LogP contribution in [0.4, 0.5) is 5.69 Å². The van der Waals surface area contributed by atoms with Crippen molar-refractivity contribution in [2.24, 2.45) is 5.92 Å². The van der Waals surface area contributed by atoms with Crippen molar-refractivity contribution in [1.29, 1.82) is 5.26 Å². The van der Waals surface area contributed by atoms with Gasteiger partial charge in [-0.25, -0.2) is 0 Å². The fraction of sp³-hybridized carbons (Fsp3) is 0.364. The number of anilines is 1. The van der Waals surface area contributed by atoms with E-state index >= 15 is 0 Å². The first-order valence-electron chi connectivity index (χ1n) is 4.80. The van der Waals surface area contributed by atoms with Crippen LogP contribution in [0.3, 0.4) is 0 Å². The molecule has 1 aromatic rings. The fourth-order valence-electron chi connectivity index (χ4n) is 1.15. The summed E-state index contributed by atoms with van der Waals surface area (Å²) in [5.41, 5.74) is 1.60. The molecule has 0 aliphatic carbocycles. The molecule has 0 radical (unpaired) electrons. The lowest BCUT2D eigenvalue weighted by molar-refractivity contribution is -0.118. The Hall–Kier alpha value is -1.89. The van der Waals surface area contributed by atoms with Crippen molar-refractivity contribution < 1.29 is 4.79 Å². The molecule has 0 aliphatic rings. The average Bonchev–Trinajstić information content (AvgIpc) is 2.23. The van der Waals surface area contributed by atoms with Gasteiger partial charge >= 0.3 is 0 Å². The zero-order chi connectivity index (χ0) is 11.3. The second kappa shape index (κ2) is 5.11. The number of nitrogens with one attached hydrogen (secondary N) is 1. The quantitative estimate of drug-likeness (QED) is 0.815. The molecule has 0 saturated heterocycles. The van der Waals surface area contributed by atoms with Crippen molar-refractivity contribution in [1.82, 2.24) is 4.98 Å². The molecule has 1 N–H and O–H groups in total. The number of hydrogen-bond donors (Lipinski definition) is 1. The van der Waals surface area contributed by atoms with Gasteiger partial charge in [0.15, 0.2) is 0 Å². The van der Waals surface area contributed by atoms with Crippen molar-refractivity contribution in [3.63, 3.8) is 0 Å². The van der Waals surface area contributed by atoms with E-state index in [0.29, 0.717) is 12.1 Å². The summed E-state index contributed by atoms with van der Waals surface area (Å²) in [6, 6.07) is 3.77. The van der Waals surface area contributed by atoms with Gasteiger partial charge in [-0.05, 0) is 25.0 Å². The second-order valence-electron chi connectivity index (χ2n) is 3.27. The first kappa shape index (κ1) is 11.2. The molecule has 1 rings (SSSR count). The minimum atomic E-state index is -0.593. The number of amides is 1. The predicted molar refractivity (Wildman–Crippen MR) is 57.0 cm³/mol. The monoisotopic (exact) mass is 203 g/mol. The third-order valence-corrected chi connectivity index (χ3v) is 2.18. The van der Waals surface area contributed by atoms with Crippen LogP contribution in [0.15, 0.2) is 18.5 Å². The number of nitrogens with zero attached hydrogens (tertiary/aromatic N) is 2. The molecule has 78 valence electrons. The highest BCUT2D eigenvalue weighted by Crippen LogP contribution is 2.13. The molecule has 0 bridgehead atoms. The number of aromatic nitrogens is 1. The number of nitriles is 1. The minimum Gasteiger partial charge on any atom is -0.323 e. The van der Waals surface area contributed by atoms with Gasteiger partial charge < -0.3 is 5.32 Å². The van der Waals surface area contributed by atoms with E-state index in [0.717, 1.165) is 5.56 Å². The van der Waals surface area contributed by atoms with E-state index in [1.807, 2.05) is 26.0 Å². The van der Waals surface area contributed by atoms with Gasteiger partial charge in [-0.2, -0.15) is 5.26 Å². The second-order valence-corrected chi connectivity index (χ2v) is 3.27. The highest BCUT2D eigenvalue weighted by Gasteiger charge is 2.15. The van der Waals surface area contributed by atoms with Gasteiger partial charge in [0.25, 0.3) is 0 Å². The van der Waals surface area contributed by atoms with E-state index in [2.05, 4.69) is 10.3 Å². The van der Waals surface area contributed by atoms with Gasteiger partial charge in [-0.15, -0.1) is 0 Å². The SMILES string of the molecule is CCC(C#N)C(=O)Nc1cnccc1C. The van der Waals surface area contributed by atoms with Gasteiger partial charge in [0.1, 0.15) is 5.92 Å². The first-order chi connectivity index (χ1) is 7.19. The summed E-state index contributed by atoms with van der Waals surface area (Å²) in [5, 5.41) is 11.4. The third-order valence-electron chi connectivity index (χ3n) is 2.18. The maximum atomic E-state index is 11.6. The standard InChI is InChI=1S/C11H13N3O/c1-3-9(6-12)11(15)14-10-7-13-5-4-8(10)2/h4-5,7,9H,3H2,1-2H3,(H,14,15). The maximum absolute atomic E-state index is 11.6. The van der Waals surface area contributed by atoms with E-state index in [9.17, 15) is 4.79 Å². The van der Waals surface area contributed by atoms with Crippen LogP contribution in [-0.2, 0) is 4.79 Å². The Labute approximate surface area is 88.9 Å². The largest absolute Gasteiger partial charge is 0.323 e. The van der Waals surface area contributed by atoms with Crippen LogP contribution < -0.4 is 5.32 Å². The lowest BCUT2D eigenvalue weighted by atomic mass is 10.1. The maximum Gasteiger partial charge on any atom is 0.241 e. The van der Waals surface area contributed by atoms with Crippen molar-refractivity contribution in [2.75, 3.05) is 5.32 Å². The van der Waals surface area contributed by atoms with E-state index in [1.165, 1.54) is 0 Å². The topological polar surface area (TPSA) is 65.8 Å². The van der Waals surface area contributed by atoms with E-state index in [4.69, 9.17) is 5.26 Å². The van der Waals surface area contributed by atoms with Gasteiger partial charge in [0.2, 0.25) is 5.91 Å². The lowest BCUT2D eigenvalue weighted by Crippen LogP contribution is -2.21. The fourth-order valence-corrected chi connectivity index (χ4v) is 1.15. The summed E-state index contributed by atoms with van der Waals surface area (Å²) in [6.07, 6.45) is 3.76. The molecule has 4 heteroatoms. The number of aryl methyl sites for hydroxylation is 1. The lowest BCUT2D eigenvalue weighted by Gasteiger charge is -2.09. The number of carbonyl (C=O) groups is 1. The molecule has 15 heavy (non-hydrogen) atoms. The zero-order valence-electron chi connectivity index (χ0n) is 8.82. The minimum absolute atomic E-state index is 0.267. The molecular formula is C11H13N3O. The summed E-state index contributed by atoms with van der Waals surface area (Å²) in [7, 11) is 0. The summed E-state index contributed by atoms with van der Waals surface area (Å²) >= 11 is 0. The molecule has 1 amide bonds. The van der Waals surface area contributed by atoms with Crippen molar-refractivity contribution >= 4 is 11.6 Å². The number of rotatable bonds is 3. The number of hydrogen-bond acceptors (Lipinski definition) is 3. The van der Waals surface area contributed by atoms with Crippen LogP contribution in [0.5, 0.6) is 0 Å². The molecule has 0 aliphatic heterocycles. The van der Waals surface area contributed by atoms with Gasteiger partial charge in [-0.3, -0.25) is 9.78 Å². The third kappa shape index (κ3) is 2.78. The Morgan fingerprint density at radius 3 is 3.00 bits per heavy atom.